The molecule has 0 aliphatic carbocycles. The summed E-state index contributed by atoms with van der Waals surface area (Å²) < 4.78 is 53.4. The van der Waals surface area contributed by atoms with E-state index in [4.69, 9.17) is 0 Å². The van der Waals surface area contributed by atoms with Gasteiger partial charge in [-0.25, -0.2) is 21.6 Å². The van der Waals surface area contributed by atoms with E-state index in [0.717, 1.165) is 0 Å². The fourth-order valence-electron chi connectivity index (χ4n) is 2.54. The molecule has 0 spiro atoms. The first-order valence-corrected chi connectivity index (χ1v) is 12.3. The van der Waals surface area contributed by atoms with E-state index in [-0.39, 0.29) is 27.4 Å². The fraction of sp³-hybridized carbons (Fsp3) is 0.350. The Labute approximate surface area is 178 Å². The van der Waals surface area contributed by atoms with Crippen molar-refractivity contribution in [2.24, 2.45) is 0 Å². The van der Waals surface area contributed by atoms with Gasteiger partial charge < -0.3 is 5.32 Å². The van der Waals surface area contributed by atoms with Crippen molar-refractivity contribution in [3.05, 3.63) is 54.1 Å². The van der Waals surface area contributed by atoms with Gasteiger partial charge in [0.1, 0.15) is 0 Å². The smallest absolute Gasteiger partial charge is 0.255 e. The molecule has 0 saturated heterocycles. The summed E-state index contributed by atoms with van der Waals surface area (Å²) >= 11 is 0. The van der Waals surface area contributed by atoms with Crippen LogP contribution in [0.3, 0.4) is 0 Å². The second-order valence-electron chi connectivity index (χ2n) is 7.40. The van der Waals surface area contributed by atoms with Crippen LogP contribution in [-0.4, -0.2) is 46.2 Å². The molecule has 0 aliphatic rings. The number of carbonyl (C=O) groups excluding carboxylic acids is 1. The van der Waals surface area contributed by atoms with E-state index in [1.807, 2.05) is 0 Å². The largest absolute Gasteiger partial charge is 0.322 e. The molecule has 0 unspecified atom stereocenters. The van der Waals surface area contributed by atoms with Crippen LogP contribution in [0.5, 0.6) is 0 Å². The molecule has 8 nitrogen and oxygen atoms in total. The van der Waals surface area contributed by atoms with Crippen LogP contribution < -0.4 is 10.0 Å². The van der Waals surface area contributed by atoms with Crippen LogP contribution >= 0.6 is 0 Å². The van der Waals surface area contributed by atoms with Crippen molar-refractivity contribution in [3.8, 4) is 0 Å². The Morgan fingerprint density at radius 2 is 1.50 bits per heavy atom. The third-order valence-electron chi connectivity index (χ3n) is 4.31. The number of amides is 1. The van der Waals surface area contributed by atoms with Crippen molar-refractivity contribution in [2.75, 3.05) is 12.4 Å². The van der Waals surface area contributed by atoms with Crippen LogP contribution in [0.1, 0.15) is 38.1 Å². The molecule has 2 aromatic rings. The standard InChI is InChI=1S/C20H27N3O5S2/c1-14(2)22-29(25,26)19-8-6-7-16(13-19)20(24)21-17-9-11-18(12-10-17)30(27,28)23(5)15(3)4/h6-15,22H,1-5H3,(H,21,24). The Morgan fingerprint density at radius 1 is 0.900 bits per heavy atom. The van der Waals surface area contributed by atoms with E-state index in [2.05, 4.69) is 10.0 Å². The average Bonchev–Trinajstić information content (AvgIpc) is 2.66. The number of benzene rings is 2. The number of rotatable bonds is 8. The summed E-state index contributed by atoms with van der Waals surface area (Å²) in [6, 6.07) is 11.0. The van der Waals surface area contributed by atoms with Crippen molar-refractivity contribution >= 4 is 31.6 Å². The van der Waals surface area contributed by atoms with Gasteiger partial charge in [0.25, 0.3) is 5.91 Å². The number of nitrogens with one attached hydrogen (secondary N) is 2. The normalized spacial score (nSPS) is 12.5. The third kappa shape index (κ3) is 5.66. The molecule has 30 heavy (non-hydrogen) atoms. The lowest BCUT2D eigenvalue weighted by Crippen LogP contribution is -2.33. The predicted octanol–water partition coefficient (Wildman–Crippen LogP) is 2.65. The molecule has 0 radical (unpaired) electrons. The van der Waals surface area contributed by atoms with E-state index < -0.39 is 26.0 Å². The Bertz CT molecular complexity index is 1110. The lowest BCUT2D eigenvalue weighted by atomic mass is 10.2. The minimum absolute atomic E-state index is 0.0120. The maximum atomic E-state index is 12.5. The maximum absolute atomic E-state index is 12.5. The molecule has 0 bridgehead atoms. The summed E-state index contributed by atoms with van der Waals surface area (Å²) in [5.74, 6) is -0.508. The van der Waals surface area contributed by atoms with Gasteiger partial charge in [-0.15, -0.1) is 0 Å². The van der Waals surface area contributed by atoms with Crippen LogP contribution in [0.25, 0.3) is 0 Å². The van der Waals surface area contributed by atoms with Gasteiger partial charge in [0, 0.05) is 30.4 Å². The molecule has 10 heteroatoms. The minimum Gasteiger partial charge on any atom is -0.322 e. The van der Waals surface area contributed by atoms with Crippen LogP contribution in [0, 0.1) is 0 Å². The zero-order valence-electron chi connectivity index (χ0n) is 17.6. The number of anilines is 1. The van der Waals surface area contributed by atoms with Crippen LogP contribution in [0.2, 0.25) is 0 Å². The van der Waals surface area contributed by atoms with E-state index in [9.17, 15) is 21.6 Å². The fourth-order valence-corrected chi connectivity index (χ4v) is 5.20. The second kappa shape index (κ2) is 9.25. The van der Waals surface area contributed by atoms with Crippen molar-refractivity contribution in [1.29, 1.82) is 0 Å². The first kappa shape index (κ1) is 24.0. The van der Waals surface area contributed by atoms with Crippen molar-refractivity contribution < 1.29 is 21.6 Å². The van der Waals surface area contributed by atoms with Crippen LogP contribution in [0.4, 0.5) is 5.69 Å². The topological polar surface area (TPSA) is 113 Å². The summed E-state index contributed by atoms with van der Waals surface area (Å²) in [7, 11) is -5.84. The number of hydrogen-bond acceptors (Lipinski definition) is 5. The van der Waals surface area contributed by atoms with Crippen molar-refractivity contribution in [3.63, 3.8) is 0 Å². The first-order valence-electron chi connectivity index (χ1n) is 9.36. The molecule has 0 saturated carbocycles. The van der Waals surface area contributed by atoms with Crippen molar-refractivity contribution in [1.82, 2.24) is 9.03 Å². The van der Waals surface area contributed by atoms with E-state index in [0.29, 0.717) is 5.69 Å². The lowest BCUT2D eigenvalue weighted by Gasteiger charge is -2.21. The van der Waals surface area contributed by atoms with Crippen LogP contribution in [0.15, 0.2) is 58.3 Å². The molecule has 2 aromatic carbocycles. The Balaban J connectivity index is 2.20. The Hall–Kier alpha value is -2.27. The molecule has 0 atom stereocenters. The zero-order chi connectivity index (χ0) is 22.7. The van der Waals surface area contributed by atoms with E-state index in [1.54, 1.807) is 27.7 Å². The molecule has 0 aromatic heterocycles. The highest BCUT2D eigenvalue weighted by atomic mass is 32.2. The Kier molecular flexibility index (Phi) is 7.40. The number of sulfonamides is 2. The maximum Gasteiger partial charge on any atom is 0.255 e. The molecular formula is C20H27N3O5S2. The van der Waals surface area contributed by atoms with Gasteiger partial charge in [0.05, 0.1) is 9.79 Å². The molecular weight excluding hydrogens is 426 g/mol. The van der Waals surface area contributed by atoms with E-state index >= 15 is 0 Å². The number of hydrogen-bond donors (Lipinski definition) is 2. The summed E-state index contributed by atoms with van der Waals surface area (Å²) in [4.78, 5) is 12.6. The quantitative estimate of drug-likeness (QED) is 0.638. The van der Waals surface area contributed by atoms with Gasteiger partial charge in [0.15, 0.2) is 0 Å². The monoisotopic (exact) mass is 453 g/mol. The van der Waals surface area contributed by atoms with Gasteiger partial charge in [0.2, 0.25) is 20.0 Å². The van der Waals surface area contributed by atoms with Gasteiger partial charge in [-0.05, 0) is 70.2 Å². The molecule has 1 amide bonds. The summed E-state index contributed by atoms with van der Waals surface area (Å²) in [6.07, 6.45) is 0. The average molecular weight is 454 g/mol. The van der Waals surface area contributed by atoms with Crippen LogP contribution in [-0.2, 0) is 20.0 Å². The summed E-state index contributed by atoms with van der Waals surface area (Å²) in [5, 5.41) is 2.65. The zero-order valence-corrected chi connectivity index (χ0v) is 19.2. The van der Waals surface area contributed by atoms with Gasteiger partial charge in [-0.3, -0.25) is 4.79 Å². The van der Waals surface area contributed by atoms with Gasteiger partial charge in [-0.1, -0.05) is 6.07 Å². The highest BCUT2D eigenvalue weighted by Gasteiger charge is 2.23. The minimum atomic E-state index is -3.73. The Morgan fingerprint density at radius 3 is 2.03 bits per heavy atom. The molecule has 0 aliphatic heterocycles. The van der Waals surface area contributed by atoms with Gasteiger partial charge >= 0.3 is 0 Å². The lowest BCUT2D eigenvalue weighted by molar-refractivity contribution is 0.102. The highest BCUT2D eigenvalue weighted by molar-refractivity contribution is 7.89. The molecule has 0 fully saturated rings. The highest BCUT2D eigenvalue weighted by Crippen LogP contribution is 2.20. The third-order valence-corrected chi connectivity index (χ3v) is 8.02. The van der Waals surface area contributed by atoms with Gasteiger partial charge in [-0.2, -0.15) is 4.31 Å². The second-order valence-corrected chi connectivity index (χ2v) is 11.1. The van der Waals surface area contributed by atoms with Crippen molar-refractivity contribution in [2.45, 2.75) is 49.6 Å². The molecule has 2 rings (SSSR count). The number of nitrogens with zero attached hydrogens (tertiary/aromatic N) is 1. The summed E-state index contributed by atoms with van der Waals surface area (Å²) in [6.45, 7) is 6.96. The molecule has 0 heterocycles. The SMILES string of the molecule is CC(C)NS(=O)(=O)c1cccc(C(=O)Nc2ccc(S(=O)(=O)N(C)C(C)C)cc2)c1. The predicted molar refractivity (Wildman–Crippen MR) is 116 cm³/mol. The molecule has 2 N–H and O–H groups in total. The van der Waals surface area contributed by atoms with E-state index in [1.165, 1.54) is 59.9 Å². The summed E-state index contributed by atoms with van der Waals surface area (Å²) in [5.41, 5.74) is 0.553. The number of carbonyl (C=O) groups is 1. The first-order chi connectivity index (χ1) is 13.8. The molecule has 164 valence electrons.